The van der Waals surface area contributed by atoms with Crippen LogP contribution in [0.25, 0.3) is 0 Å². The minimum absolute atomic E-state index is 0.162. The van der Waals surface area contributed by atoms with Gasteiger partial charge in [-0.15, -0.1) is 0 Å². The van der Waals surface area contributed by atoms with E-state index in [0.717, 1.165) is 11.1 Å². The molecular formula is C19H22N2O4. The molecule has 0 aliphatic carbocycles. The Hall–Kier alpha value is -3.02. The van der Waals surface area contributed by atoms with Crippen LogP contribution in [-0.2, 0) is 9.47 Å². The van der Waals surface area contributed by atoms with Gasteiger partial charge in [0.15, 0.2) is 0 Å². The first-order valence-corrected chi connectivity index (χ1v) is 8.04. The van der Waals surface area contributed by atoms with Gasteiger partial charge in [0, 0.05) is 17.8 Å². The number of ether oxygens (including phenoxy) is 2. The quantitative estimate of drug-likeness (QED) is 0.758. The van der Waals surface area contributed by atoms with Gasteiger partial charge < -0.3 is 9.47 Å². The average Bonchev–Trinajstić information content (AvgIpc) is 2.59. The van der Waals surface area contributed by atoms with Crippen LogP contribution in [-0.4, -0.2) is 25.4 Å². The van der Waals surface area contributed by atoms with Crippen LogP contribution in [0, 0.1) is 13.8 Å². The normalized spacial score (nSPS) is 10.0. The number of aryl methyl sites for hydroxylation is 2. The highest BCUT2D eigenvalue weighted by atomic mass is 16.6. The Morgan fingerprint density at radius 3 is 1.44 bits per heavy atom. The Balaban J connectivity index is 1.57. The lowest BCUT2D eigenvalue weighted by Gasteiger charge is -2.09. The summed E-state index contributed by atoms with van der Waals surface area (Å²) in [6.07, 6.45) is -0.649. The SMILES string of the molecule is Cc1ccc(NC(=O)OCCCOC(=O)Nc2ccc(C)cc2)cc1. The van der Waals surface area contributed by atoms with Gasteiger partial charge in [-0.2, -0.15) is 0 Å². The van der Waals surface area contributed by atoms with Crippen molar-refractivity contribution >= 4 is 23.6 Å². The minimum Gasteiger partial charge on any atom is -0.449 e. The number of carbonyl (C=O) groups is 2. The summed E-state index contributed by atoms with van der Waals surface area (Å²) < 4.78 is 10.1. The maximum atomic E-state index is 11.6. The lowest BCUT2D eigenvalue weighted by atomic mass is 10.2. The monoisotopic (exact) mass is 342 g/mol. The van der Waals surface area contributed by atoms with Crippen LogP contribution >= 0.6 is 0 Å². The van der Waals surface area contributed by atoms with Crippen LogP contribution in [0.5, 0.6) is 0 Å². The van der Waals surface area contributed by atoms with E-state index in [2.05, 4.69) is 10.6 Å². The van der Waals surface area contributed by atoms with Crippen molar-refractivity contribution in [3.63, 3.8) is 0 Å². The summed E-state index contributed by atoms with van der Waals surface area (Å²) in [7, 11) is 0. The van der Waals surface area contributed by atoms with Gasteiger partial charge in [-0.3, -0.25) is 10.6 Å². The maximum Gasteiger partial charge on any atom is 0.411 e. The Kier molecular flexibility index (Phi) is 6.83. The highest BCUT2D eigenvalue weighted by Crippen LogP contribution is 2.10. The van der Waals surface area contributed by atoms with Gasteiger partial charge >= 0.3 is 12.2 Å². The van der Waals surface area contributed by atoms with Crippen LogP contribution in [0.4, 0.5) is 21.0 Å². The molecule has 0 saturated carbocycles. The summed E-state index contributed by atoms with van der Waals surface area (Å²) in [5.74, 6) is 0. The number of nitrogens with one attached hydrogen (secondary N) is 2. The van der Waals surface area contributed by atoms with E-state index in [-0.39, 0.29) is 13.2 Å². The van der Waals surface area contributed by atoms with Gasteiger partial charge in [-0.1, -0.05) is 35.4 Å². The van der Waals surface area contributed by atoms with E-state index in [4.69, 9.17) is 9.47 Å². The Labute approximate surface area is 147 Å². The highest BCUT2D eigenvalue weighted by Gasteiger charge is 2.05. The molecule has 0 aliphatic rings. The summed E-state index contributed by atoms with van der Waals surface area (Å²) in [6.45, 7) is 4.26. The van der Waals surface area contributed by atoms with Gasteiger partial charge in [-0.25, -0.2) is 9.59 Å². The molecule has 2 rings (SSSR count). The molecule has 0 bridgehead atoms. The predicted octanol–water partition coefficient (Wildman–Crippen LogP) is 4.49. The third-order valence-electron chi connectivity index (χ3n) is 3.35. The average molecular weight is 342 g/mol. The summed E-state index contributed by atoms with van der Waals surface area (Å²) in [6, 6.07) is 14.8. The van der Waals surface area contributed by atoms with Gasteiger partial charge in [0.1, 0.15) is 0 Å². The van der Waals surface area contributed by atoms with E-state index < -0.39 is 12.2 Å². The summed E-state index contributed by atoms with van der Waals surface area (Å²) in [5, 5.41) is 5.25. The van der Waals surface area contributed by atoms with Gasteiger partial charge in [0.05, 0.1) is 13.2 Å². The first-order chi connectivity index (χ1) is 12.0. The number of hydrogen-bond donors (Lipinski definition) is 2. The van der Waals surface area contributed by atoms with Crippen LogP contribution < -0.4 is 10.6 Å². The van der Waals surface area contributed by atoms with Crippen molar-refractivity contribution in [1.82, 2.24) is 0 Å². The molecule has 2 N–H and O–H groups in total. The minimum atomic E-state index is -0.534. The van der Waals surface area contributed by atoms with E-state index >= 15 is 0 Å². The van der Waals surface area contributed by atoms with Crippen molar-refractivity contribution in [2.75, 3.05) is 23.8 Å². The standard InChI is InChI=1S/C19H22N2O4/c1-14-4-8-16(9-5-14)20-18(22)24-12-3-13-25-19(23)21-17-10-6-15(2)7-11-17/h4-11H,3,12-13H2,1-2H3,(H,20,22)(H,21,23). The number of benzene rings is 2. The molecule has 0 atom stereocenters. The molecular weight excluding hydrogens is 320 g/mol. The fraction of sp³-hybridized carbons (Fsp3) is 0.263. The van der Waals surface area contributed by atoms with Crippen molar-refractivity contribution < 1.29 is 19.1 Å². The van der Waals surface area contributed by atoms with E-state index in [1.807, 2.05) is 38.1 Å². The molecule has 2 aromatic rings. The molecule has 0 aromatic heterocycles. The van der Waals surface area contributed by atoms with Gasteiger partial charge in [0.2, 0.25) is 0 Å². The van der Waals surface area contributed by atoms with E-state index in [9.17, 15) is 9.59 Å². The van der Waals surface area contributed by atoms with Crippen molar-refractivity contribution in [1.29, 1.82) is 0 Å². The zero-order valence-corrected chi connectivity index (χ0v) is 14.4. The van der Waals surface area contributed by atoms with Crippen LogP contribution in [0.2, 0.25) is 0 Å². The van der Waals surface area contributed by atoms with E-state index in [1.165, 1.54) is 0 Å². The first kappa shape index (κ1) is 18.3. The lowest BCUT2D eigenvalue weighted by Crippen LogP contribution is -2.17. The molecule has 0 aliphatic heterocycles. The van der Waals surface area contributed by atoms with Gasteiger partial charge in [-0.05, 0) is 38.1 Å². The molecule has 0 heterocycles. The zero-order chi connectivity index (χ0) is 18.1. The summed E-state index contributed by atoms with van der Waals surface area (Å²) in [4.78, 5) is 23.2. The van der Waals surface area contributed by atoms with Crippen molar-refractivity contribution in [3.05, 3.63) is 59.7 Å². The maximum absolute atomic E-state index is 11.6. The van der Waals surface area contributed by atoms with Gasteiger partial charge in [0.25, 0.3) is 0 Å². The topological polar surface area (TPSA) is 76.7 Å². The molecule has 2 aromatic carbocycles. The first-order valence-electron chi connectivity index (χ1n) is 8.04. The number of rotatable bonds is 6. The highest BCUT2D eigenvalue weighted by molar-refractivity contribution is 5.85. The molecule has 0 saturated heterocycles. The number of anilines is 2. The summed E-state index contributed by atoms with van der Waals surface area (Å²) >= 11 is 0. The largest absolute Gasteiger partial charge is 0.449 e. The Morgan fingerprint density at radius 2 is 1.08 bits per heavy atom. The molecule has 0 unspecified atom stereocenters. The molecule has 132 valence electrons. The van der Waals surface area contributed by atoms with E-state index in [1.54, 1.807) is 24.3 Å². The van der Waals surface area contributed by atoms with E-state index in [0.29, 0.717) is 17.8 Å². The van der Waals surface area contributed by atoms with Crippen molar-refractivity contribution in [3.8, 4) is 0 Å². The van der Waals surface area contributed by atoms with Crippen LogP contribution in [0.3, 0.4) is 0 Å². The third-order valence-corrected chi connectivity index (χ3v) is 3.35. The fourth-order valence-corrected chi connectivity index (χ4v) is 1.97. The smallest absolute Gasteiger partial charge is 0.411 e. The van der Waals surface area contributed by atoms with Crippen molar-refractivity contribution in [2.24, 2.45) is 0 Å². The molecule has 2 amide bonds. The Morgan fingerprint density at radius 1 is 0.720 bits per heavy atom. The number of carbonyl (C=O) groups excluding carboxylic acids is 2. The summed E-state index contributed by atoms with van der Waals surface area (Å²) in [5.41, 5.74) is 3.56. The second-order valence-corrected chi connectivity index (χ2v) is 5.61. The Bertz CT molecular complexity index is 635. The fourth-order valence-electron chi connectivity index (χ4n) is 1.97. The number of amides is 2. The van der Waals surface area contributed by atoms with Crippen LogP contribution in [0.1, 0.15) is 17.5 Å². The second-order valence-electron chi connectivity index (χ2n) is 5.61. The molecule has 0 spiro atoms. The molecule has 0 fully saturated rings. The molecule has 6 nitrogen and oxygen atoms in total. The molecule has 25 heavy (non-hydrogen) atoms. The second kappa shape index (κ2) is 9.32. The van der Waals surface area contributed by atoms with Crippen LogP contribution in [0.15, 0.2) is 48.5 Å². The van der Waals surface area contributed by atoms with Crippen molar-refractivity contribution in [2.45, 2.75) is 20.3 Å². The lowest BCUT2D eigenvalue weighted by molar-refractivity contribution is 0.133. The number of hydrogen-bond acceptors (Lipinski definition) is 4. The zero-order valence-electron chi connectivity index (χ0n) is 14.4. The molecule has 0 radical (unpaired) electrons. The third kappa shape index (κ3) is 6.95. The predicted molar refractivity (Wildman–Crippen MR) is 96.9 cm³/mol. The molecule has 6 heteroatoms.